The van der Waals surface area contributed by atoms with Crippen molar-refractivity contribution in [1.82, 2.24) is 5.32 Å². The Morgan fingerprint density at radius 3 is 2.73 bits per heavy atom. The molecule has 120 valence electrons. The third-order valence-corrected chi connectivity index (χ3v) is 3.99. The van der Waals surface area contributed by atoms with Crippen LogP contribution in [0.5, 0.6) is 0 Å². The summed E-state index contributed by atoms with van der Waals surface area (Å²) in [6.07, 6.45) is 1.87. The second-order valence-electron chi connectivity index (χ2n) is 5.89. The van der Waals surface area contributed by atoms with Gasteiger partial charge in [-0.15, -0.1) is 0 Å². The van der Waals surface area contributed by atoms with Crippen LogP contribution in [0.25, 0.3) is 0 Å². The molecule has 4 heteroatoms. The van der Waals surface area contributed by atoms with Gasteiger partial charge in [-0.05, 0) is 38.7 Å². The zero-order valence-corrected chi connectivity index (χ0v) is 13.3. The fourth-order valence-corrected chi connectivity index (χ4v) is 2.81. The Bertz CT molecular complexity index is 522. The van der Waals surface area contributed by atoms with Crippen LogP contribution in [-0.2, 0) is 9.53 Å². The highest BCUT2D eigenvalue weighted by Gasteiger charge is 2.20. The van der Waals surface area contributed by atoms with Crippen molar-refractivity contribution in [3.05, 3.63) is 47.2 Å². The van der Waals surface area contributed by atoms with E-state index in [0.717, 1.165) is 29.7 Å². The summed E-state index contributed by atoms with van der Waals surface area (Å²) in [4.78, 5) is 12.3. The molecule has 0 radical (unpaired) electrons. The van der Waals surface area contributed by atoms with Crippen LogP contribution >= 0.6 is 0 Å². The van der Waals surface area contributed by atoms with Crippen LogP contribution in [0.3, 0.4) is 0 Å². The second-order valence-corrected chi connectivity index (χ2v) is 5.89. The first-order valence-corrected chi connectivity index (χ1v) is 7.91. The zero-order chi connectivity index (χ0) is 15.9. The minimum absolute atomic E-state index is 0.0521. The summed E-state index contributed by atoms with van der Waals surface area (Å²) in [7, 11) is 0. The smallest absolute Gasteiger partial charge is 0.250 e. The molecule has 0 aliphatic carbocycles. The summed E-state index contributed by atoms with van der Waals surface area (Å²) < 4.78 is 5.45. The normalized spacial score (nSPS) is 17.6. The van der Waals surface area contributed by atoms with Crippen LogP contribution < -0.4 is 5.32 Å². The summed E-state index contributed by atoms with van der Waals surface area (Å²) in [6, 6.07) is 10.00. The van der Waals surface area contributed by atoms with Crippen LogP contribution in [0.2, 0.25) is 0 Å². The SMILES string of the molecule is CC1=C(C(=O)NCC(CC(C)O)c2ccccc2)CCCO1. The van der Waals surface area contributed by atoms with Crippen LogP contribution in [0, 0.1) is 0 Å². The van der Waals surface area contributed by atoms with Gasteiger partial charge in [0.1, 0.15) is 5.76 Å². The van der Waals surface area contributed by atoms with E-state index in [1.807, 2.05) is 37.3 Å². The molecule has 0 saturated carbocycles. The number of allylic oxidation sites excluding steroid dienone is 1. The Kier molecular flexibility index (Phi) is 6.01. The van der Waals surface area contributed by atoms with E-state index < -0.39 is 6.10 Å². The molecule has 1 heterocycles. The Labute approximate surface area is 132 Å². The maximum Gasteiger partial charge on any atom is 0.250 e. The average Bonchev–Trinajstić information content (AvgIpc) is 2.52. The molecule has 2 rings (SSSR count). The molecule has 0 fully saturated rings. The number of hydrogen-bond acceptors (Lipinski definition) is 3. The Hall–Kier alpha value is -1.81. The largest absolute Gasteiger partial charge is 0.498 e. The fraction of sp³-hybridized carbons (Fsp3) is 0.500. The number of carbonyl (C=O) groups excluding carboxylic acids is 1. The summed E-state index contributed by atoms with van der Waals surface area (Å²) in [5, 5.41) is 12.7. The van der Waals surface area contributed by atoms with Crippen molar-refractivity contribution < 1.29 is 14.6 Å². The average molecular weight is 303 g/mol. The number of carbonyl (C=O) groups is 1. The van der Waals surface area contributed by atoms with Gasteiger partial charge in [0.05, 0.1) is 18.3 Å². The maximum atomic E-state index is 12.3. The molecule has 0 spiro atoms. The highest BCUT2D eigenvalue weighted by Crippen LogP contribution is 2.22. The minimum Gasteiger partial charge on any atom is -0.498 e. The number of hydrogen-bond donors (Lipinski definition) is 2. The third kappa shape index (κ3) is 4.60. The molecule has 1 aliphatic heterocycles. The standard InChI is InChI=1S/C18H25NO3/c1-13(20)11-16(15-7-4-3-5-8-15)12-19-18(21)17-9-6-10-22-14(17)2/h3-5,7-8,13,16,20H,6,9-12H2,1-2H3,(H,19,21). The van der Waals surface area contributed by atoms with E-state index in [1.165, 1.54) is 0 Å². The summed E-state index contributed by atoms with van der Waals surface area (Å²) >= 11 is 0. The molecule has 2 atom stereocenters. The van der Waals surface area contributed by atoms with E-state index >= 15 is 0 Å². The van der Waals surface area contributed by atoms with E-state index in [4.69, 9.17) is 4.74 Å². The number of nitrogens with one attached hydrogen (secondary N) is 1. The Balaban J connectivity index is 2.00. The number of aliphatic hydroxyl groups excluding tert-OH is 1. The molecule has 1 aromatic carbocycles. The molecule has 0 aromatic heterocycles. The monoisotopic (exact) mass is 303 g/mol. The van der Waals surface area contributed by atoms with Gasteiger partial charge in [-0.25, -0.2) is 0 Å². The van der Waals surface area contributed by atoms with Gasteiger partial charge >= 0.3 is 0 Å². The lowest BCUT2D eigenvalue weighted by atomic mass is 9.93. The Morgan fingerprint density at radius 1 is 1.36 bits per heavy atom. The summed E-state index contributed by atoms with van der Waals surface area (Å²) in [5.41, 5.74) is 1.88. The first kappa shape index (κ1) is 16.6. The van der Waals surface area contributed by atoms with Crippen molar-refractivity contribution in [3.8, 4) is 0 Å². The van der Waals surface area contributed by atoms with Crippen molar-refractivity contribution in [2.45, 2.75) is 45.1 Å². The zero-order valence-electron chi connectivity index (χ0n) is 13.3. The van der Waals surface area contributed by atoms with Crippen molar-refractivity contribution in [2.75, 3.05) is 13.2 Å². The van der Waals surface area contributed by atoms with E-state index in [1.54, 1.807) is 6.92 Å². The molecule has 2 N–H and O–H groups in total. The first-order chi connectivity index (χ1) is 10.6. The molecule has 2 unspecified atom stereocenters. The van der Waals surface area contributed by atoms with Gasteiger partial charge in [0, 0.05) is 12.5 Å². The molecule has 1 amide bonds. The molecule has 22 heavy (non-hydrogen) atoms. The lowest BCUT2D eigenvalue weighted by Crippen LogP contribution is -2.32. The van der Waals surface area contributed by atoms with Crippen LogP contribution in [0.15, 0.2) is 41.7 Å². The topological polar surface area (TPSA) is 58.6 Å². The quantitative estimate of drug-likeness (QED) is 0.849. The molecular formula is C18H25NO3. The maximum absolute atomic E-state index is 12.3. The predicted molar refractivity (Wildman–Crippen MR) is 86.4 cm³/mol. The number of rotatable bonds is 6. The molecular weight excluding hydrogens is 278 g/mol. The molecule has 0 saturated heterocycles. The van der Waals surface area contributed by atoms with Crippen molar-refractivity contribution in [1.29, 1.82) is 0 Å². The molecule has 1 aromatic rings. The van der Waals surface area contributed by atoms with E-state index in [-0.39, 0.29) is 11.8 Å². The number of amides is 1. The van der Waals surface area contributed by atoms with E-state index in [2.05, 4.69) is 5.32 Å². The molecule has 0 bridgehead atoms. The lowest BCUT2D eigenvalue weighted by molar-refractivity contribution is -0.118. The predicted octanol–water partition coefficient (Wildman–Crippen LogP) is 2.74. The van der Waals surface area contributed by atoms with Crippen LogP contribution in [0.4, 0.5) is 0 Å². The highest BCUT2D eigenvalue weighted by molar-refractivity contribution is 5.93. The summed E-state index contributed by atoms with van der Waals surface area (Å²) in [5.74, 6) is 0.787. The number of aliphatic hydroxyl groups is 1. The minimum atomic E-state index is -0.402. The third-order valence-electron chi connectivity index (χ3n) is 3.99. The van der Waals surface area contributed by atoms with Gasteiger partial charge in [-0.2, -0.15) is 0 Å². The highest BCUT2D eigenvalue weighted by atomic mass is 16.5. The summed E-state index contributed by atoms with van der Waals surface area (Å²) in [6.45, 7) is 4.83. The number of benzene rings is 1. The van der Waals surface area contributed by atoms with Gasteiger partial charge in [-0.1, -0.05) is 30.3 Å². The van der Waals surface area contributed by atoms with Gasteiger partial charge in [0.25, 0.3) is 5.91 Å². The fourth-order valence-electron chi connectivity index (χ4n) is 2.81. The number of ether oxygens (including phenoxy) is 1. The van der Waals surface area contributed by atoms with Gasteiger partial charge < -0.3 is 15.2 Å². The van der Waals surface area contributed by atoms with Gasteiger partial charge in [-0.3, -0.25) is 4.79 Å². The van der Waals surface area contributed by atoms with E-state index in [9.17, 15) is 9.90 Å². The molecule has 4 nitrogen and oxygen atoms in total. The van der Waals surface area contributed by atoms with Crippen molar-refractivity contribution >= 4 is 5.91 Å². The molecule has 1 aliphatic rings. The lowest BCUT2D eigenvalue weighted by Gasteiger charge is -2.22. The first-order valence-electron chi connectivity index (χ1n) is 7.91. The van der Waals surface area contributed by atoms with Gasteiger partial charge in [0.15, 0.2) is 0 Å². The van der Waals surface area contributed by atoms with Gasteiger partial charge in [0.2, 0.25) is 0 Å². The van der Waals surface area contributed by atoms with Crippen molar-refractivity contribution in [3.63, 3.8) is 0 Å². The second kappa shape index (κ2) is 7.99. The van der Waals surface area contributed by atoms with Crippen LogP contribution in [0.1, 0.15) is 44.6 Å². The Morgan fingerprint density at radius 2 is 2.09 bits per heavy atom. The van der Waals surface area contributed by atoms with E-state index in [0.29, 0.717) is 19.6 Å². The van der Waals surface area contributed by atoms with Crippen molar-refractivity contribution in [2.24, 2.45) is 0 Å². The van der Waals surface area contributed by atoms with Crippen LogP contribution in [-0.4, -0.2) is 30.3 Å².